The van der Waals surface area contributed by atoms with Crippen LogP contribution in [0.2, 0.25) is 0 Å². The predicted octanol–water partition coefficient (Wildman–Crippen LogP) is 2.64. The summed E-state index contributed by atoms with van der Waals surface area (Å²) in [4.78, 5) is 0. The van der Waals surface area contributed by atoms with E-state index in [2.05, 4.69) is 28.0 Å². The summed E-state index contributed by atoms with van der Waals surface area (Å²) >= 11 is 0. The highest BCUT2D eigenvalue weighted by Gasteiger charge is 2.53. The topological polar surface area (TPSA) is 54.5 Å². The molecule has 100 valence electrons. The van der Waals surface area contributed by atoms with Crippen LogP contribution in [0, 0.1) is 29.1 Å². The van der Waals surface area contributed by atoms with Crippen molar-refractivity contribution in [2.24, 2.45) is 17.8 Å². The molecule has 0 N–H and O–H groups in total. The molecule has 4 bridgehead atoms. The van der Waals surface area contributed by atoms with E-state index in [1.807, 2.05) is 0 Å². The zero-order valence-electron chi connectivity index (χ0n) is 11.5. The minimum absolute atomic E-state index is 0.197. The molecule has 4 heteroatoms. The van der Waals surface area contributed by atoms with Crippen molar-refractivity contribution in [1.82, 2.24) is 15.0 Å². The van der Waals surface area contributed by atoms with Crippen molar-refractivity contribution >= 4 is 0 Å². The number of rotatable bonds is 2. The predicted molar refractivity (Wildman–Crippen MR) is 70.3 cm³/mol. The maximum Gasteiger partial charge on any atom is 0.185 e. The number of aromatic nitrogens is 3. The van der Waals surface area contributed by atoms with Gasteiger partial charge in [0.05, 0.1) is 11.2 Å². The van der Waals surface area contributed by atoms with E-state index in [9.17, 15) is 5.26 Å². The molecule has 4 nitrogen and oxygen atoms in total. The minimum Gasteiger partial charge on any atom is -0.242 e. The van der Waals surface area contributed by atoms with Crippen LogP contribution in [0.3, 0.4) is 0 Å². The van der Waals surface area contributed by atoms with E-state index in [1.54, 1.807) is 0 Å². The fourth-order valence-electron chi connectivity index (χ4n) is 5.41. The van der Waals surface area contributed by atoms with Gasteiger partial charge < -0.3 is 0 Å². The van der Waals surface area contributed by atoms with Gasteiger partial charge in [-0.15, -0.1) is 5.10 Å². The lowest BCUT2D eigenvalue weighted by Gasteiger charge is -2.56. The van der Waals surface area contributed by atoms with Gasteiger partial charge in [-0.05, 0) is 62.7 Å². The second-order valence-corrected chi connectivity index (χ2v) is 6.90. The van der Waals surface area contributed by atoms with Crippen LogP contribution in [0.25, 0.3) is 0 Å². The van der Waals surface area contributed by atoms with E-state index in [1.165, 1.54) is 38.5 Å². The molecule has 4 aliphatic rings. The molecule has 19 heavy (non-hydrogen) atoms. The van der Waals surface area contributed by atoms with Gasteiger partial charge in [0.2, 0.25) is 0 Å². The molecule has 4 aliphatic carbocycles. The largest absolute Gasteiger partial charge is 0.242 e. The normalized spacial score (nSPS) is 39.5. The first-order valence-corrected chi connectivity index (χ1v) is 7.59. The van der Waals surface area contributed by atoms with Crippen LogP contribution < -0.4 is 0 Å². The van der Waals surface area contributed by atoms with Gasteiger partial charge in [-0.2, -0.15) is 5.26 Å². The average Bonchev–Trinajstić information content (AvgIpc) is 2.80. The zero-order chi connectivity index (χ0) is 13.0. The Kier molecular flexibility index (Phi) is 2.30. The summed E-state index contributed by atoms with van der Waals surface area (Å²) in [7, 11) is 0. The summed E-state index contributed by atoms with van der Waals surface area (Å²) in [5.74, 6) is 2.68. The Morgan fingerprint density at radius 3 is 2.26 bits per heavy atom. The Morgan fingerprint density at radius 2 is 1.79 bits per heavy atom. The SMILES string of the molecule is CCc1c(C#N)nnn1C12CC3CC(CC(C3)C1)C2. The third-order valence-electron chi connectivity index (χ3n) is 5.66. The Bertz CT molecular complexity index is 516. The highest BCUT2D eigenvalue weighted by Crippen LogP contribution is 2.58. The van der Waals surface area contributed by atoms with Crippen molar-refractivity contribution in [3.8, 4) is 6.07 Å². The van der Waals surface area contributed by atoms with Gasteiger partial charge in [0, 0.05) is 0 Å². The van der Waals surface area contributed by atoms with Crippen LogP contribution in [-0.4, -0.2) is 15.0 Å². The van der Waals surface area contributed by atoms with Crippen molar-refractivity contribution < 1.29 is 0 Å². The Hall–Kier alpha value is -1.37. The van der Waals surface area contributed by atoms with Gasteiger partial charge in [-0.3, -0.25) is 0 Å². The summed E-state index contributed by atoms with van der Waals surface area (Å²) in [6.07, 6.45) is 8.94. The molecular weight excluding hydrogens is 236 g/mol. The summed E-state index contributed by atoms with van der Waals surface area (Å²) in [6, 6.07) is 2.20. The first-order valence-electron chi connectivity index (χ1n) is 7.59. The zero-order valence-corrected chi connectivity index (χ0v) is 11.5. The first kappa shape index (κ1) is 11.5. The van der Waals surface area contributed by atoms with Crippen molar-refractivity contribution in [1.29, 1.82) is 5.26 Å². The van der Waals surface area contributed by atoms with Crippen LogP contribution >= 0.6 is 0 Å². The van der Waals surface area contributed by atoms with Crippen LogP contribution in [0.15, 0.2) is 0 Å². The van der Waals surface area contributed by atoms with Gasteiger partial charge in [0.25, 0.3) is 0 Å². The van der Waals surface area contributed by atoms with E-state index >= 15 is 0 Å². The highest BCUT2D eigenvalue weighted by molar-refractivity contribution is 5.26. The van der Waals surface area contributed by atoms with Gasteiger partial charge in [-0.1, -0.05) is 12.1 Å². The second-order valence-electron chi connectivity index (χ2n) is 6.90. The van der Waals surface area contributed by atoms with E-state index in [0.29, 0.717) is 5.69 Å². The summed E-state index contributed by atoms with van der Waals surface area (Å²) in [5, 5.41) is 17.7. The van der Waals surface area contributed by atoms with Crippen molar-refractivity contribution in [3.05, 3.63) is 11.4 Å². The summed E-state index contributed by atoms with van der Waals surface area (Å²) in [5.41, 5.74) is 1.80. The van der Waals surface area contributed by atoms with Crippen LogP contribution in [-0.2, 0) is 12.0 Å². The Balaban J connectivity index is 1.80. The lowest BCUT2D eigenvalue weighted by Crippen LogP contribution is -2.52. The van der Waals surface area contributed by atoms with Gasteiger partial charge in [-0.25, -0.2) is 4.68 Å². The van der Waals surface area contributed by atoms with Gasteiger partial charge >= 0.3 is 0 Å². The molecule has 4 saturated carbocycles. The monoisotopic (exact) mass is 256 g/mol. The summed E-state index contributed by atoms with van der Waals surface area (Å²) < 4.78 is 2.16. The van der Waals surface area contributed by atoms with Gasteiger partial charge in [0.15, 0.2) is 5.69 Å². The fraction of sp³-hybridized carbons (Fsp3) is 0.800. The Labute approximate surface area is 113 Å². The average molecular weight is 256 g/mol. The molecule has 0 spiro atoms. The van der Waals surface area contributed by atoms with Crippen LogP contribution in [0.1, 0.15) is 56.8 Å². The molecule has 0 atom stereocenters. The molecule has 0 unspecified atom stereocenters. The molecule has 0 saturated heterocycles. The van der Waals surface area contributed by atoms with E-state index < -0.39 is 0 Å². The smallest absolute Gasteiger partial charge is 0.185 e. The first-order chi connectivity index (χ1) is 9.24. The quantitative estimate of drug-likeness (QED) is 0.817. The molecule has 1 heterocycles. The molecule has 0 radical (unpaired) electrons. The molecule has 0 aromatic carbocycles. The number of nitrogens with zero attached hydrogens (tertiary/aromatic N) is 4. The second kappa shape index (κ2) is 3.82. The lowest BCUT2D eigenvalue weighted by atomic mass is 9.53. The van der Waals surface area contributed by atoms with Crippen molar-refractivity contribution in [3.63, 3.8) is 0 Å². The lowest BCUT2D eigenvalue weighted by molar-refractivity contribution is -0.0515. The molecule has 1 aromatic rings. The number of nitriles is 1. The maximum atomic E-state index is 9.18. The maximum absolute atomic E-state index is 9.18. The van der Waals surface area contributed by atoms with E-state index in [-0.39, 0.29) is 5.54 Å². The number of hydrogen-bond acceptors (Lipinski definition) is 3. The third-order valence-corrected chi connectivity index (χ3v) is 5.66. The summed E-state index contributed by atoms with van der Waals surface area (Å²) in [6.45, 7) is 2.11. The number of hydrogen-bond donors (Lipinski definition) is 0. The molecule has 4 fully saturated rings. The molecule has 5 rings (SSSR count). The molecule has 1 aromatic heterocycles. The fourth-order valence-corrected chi connectivity index (χ4v) is 5.41. The Morgan fingerprint density at radius 1 is 1.21 bits per heavy atom. The van der Waals surface area contributed by atoms with E-state index in [0.717, 1.165) is 29.9 Å². The molecule has 0 amide bonds. The van der Waals surface area contributed by atoms with Gasteiger partial charge in [0.1, 0.15) is 6.07 Å². The molecule has 0 aliphatic heterocycles. The third kappa shape index (κ3) is 1.51. The van der Waals surface area contributed by atoms with Crippen molar-refractivity contribution in [2.75, 3.05) is 0 Å². The van der Waals surface area contributed by atoms with Crippen molar-refractivity contribution in [2.45, 2.75) is 57.4 Å². The van der Waals surface area contributed by atoms with Crippen LogP contribution in [0.5, 0.6) is 0 Å². The highest BCUT2D eigenvalue weighted by atomic mass is 15.5. The molecular formula is C15H20N4. The minimum atomic E-state index is 0.197. The van der Waals surface area contributed by atoms with Crippen LogP contribution in [0.4, 0.5) is 0 Å². The van der Waals surface area contributed by atoms with E-state index in [4.69, 9.17) is 0 Å². The standard InChI is InChI=1S/C15H20N4/c1-2-14-13(9-16)17-18-19(14)15-6-10-3-11(7-15)5-12(4-10)8-15/h10-12H,2-8H2,1H3.